The molecule has 8 heteroatoms. The number of aromatic nitrogens is 7. The van der Waals surface area contributed by atoms with Crippen LogP contribution < -0.4 is 4.52 Å². The summed E-state index contributed by atoms with van der Waals surface area (Å²) in [7, 11) is 1.91. The topological polar surface area (TPSA) is 76.4 Å². The Bertz CT molecular complexity index is 714. The Morgan fingerprint density at radius 1 is 1.33 bits per heavy atom. The highest BCUT2D eigenvalue weighted by Gasteiger charge is 2.18. The maximum absolute atomic E-state index is 4.37. The number of rotatable bonds is 2. The zero-order valence-corrected chi connectivity index (χ0v) is 11.1. The highest BCUT2D eigenvalue weighted by Crippen LogP contribution is 2.22. The summed E-state index contributed by atoms with van der Waals surface area (Å²) in [6.07, 6.45) is 1.68. The molecular formula is C10H12N7S+. The molecule has 0 atom stereocenters. The lowest BCUT2D eigenvalue weighted by Gasteiger charge is -1.99. The molecule has 0 saturated heterocycles. The molecule has 3 aromatic rings. The Balaban J connectivity index is 2.13. The van der Waals surface area contributed by atoms with E-state index in [0.29, 0.717) is 5.78 Å². The van der Waals surface area contributed by atoms with E-state index in [2.05, 4.69) is 25.3 Å². The van der Waals surface area contributed by atoms with E-state index >= 15 is 0 Å². The van der Waals surface area contributed by atoms with Crippen LogP contribution in [0.3, 0.4) is 0 Å². The lowest BCUT2D eigenvalue weighted by molar-refractivity contribution is -0.620. The van der Waals surface area contributed by atoms with Crippen molar-refractivity contribution in [3.63, 3.8) is 0 Å². The first-order chi connectivity index (χ1) is 8.63. The van der Waals surface area contributed by atoms with Crippen LogP contribution in [0.4, 0.5) is 0 Å². The number of hydrogen-bond donors (Lipinski definition) is 1. The fourth-order valence-corrected chi connectivity index (χ4v) is 2.55. The highest BCUT2D eigenvalue weighted by atomic mass is 32.2. The summed E-state index contributed by atoms with van der Waals surface area (Å²) in [6, 6.07) is 1.99. The molecule has 0 saturated carbocycles. The van der Waals surface area contributed by atoms with Gasteiger partial charge < -0.3 is 4.57 Å². The van der Waals surface area contributed by atoms with E-state index in [9.17, 15) is 0 Å². The molecule has 0 amide bonds. The monoisotopic (exact) mass is 262 g/mol. The number of aromatic amines is 1. The molecule has 92 valence electrons. The van der Waals surface area contributed by atoms with Crippen molar-refractivity contribution >= 4 is 17.5 Å². The summed E-state index contributed by atoms with van der Waals surface area (Å²) < 4.78 is 3.72. The largest absolute Gasteiger partial charge is 0.458 e. The van der Waals surface area contributed by atoms with E-state index in [0.717, 1.165) is 21.7 Å². The van der Waals surface area contributed by atoms with Gasteiger partial charge in [0, 0.05) is 20.0 Å². The molecule has 3 aromatic heterocycles. The van der Waals surface area contributed by atoms with Crippen molar-refractivity contribution in [1.82, 2.24) is 29.8 Å². The minimum absolute atomic E-state index is 0.664. The van der Waals surface area contributed by atoms with Gasteiger partial charge >= 0.3 is 5.78 Å². The zero-order valence-electron chi connectivity index (χ0n) is 10.2. The number of nitrogens with zero attached hydrogens (tertiary/aromatic N) is 6. The SMILES string of the molecule is Cc1cc(Sc2nncn2C)[n+]2[nH]c(C)nc2n1. The molecule has 0 radical (unpaired) electrons. The standard InChI is InChI=1S/C10H11N7S/c1-6-4-8(18-10-14-11-5-16(10)3)17-9(12-6)13-7(2)15-17/h4-5H,1-3H3/p+1. The Labute approximate surface area is 107 Å². The van der Waals surface area contributed by atoms with Gasteiger partial charge in [0.25, 0.3) is 0 Å². The molecule has 1 N–H and O–H groups in total. The summed E-state index contributed by atoms with van der Waals surface area (Å²) in [6.45, 7) is 3.85. The Morgan fingerprint density at radius 3 is 2.89 bits per heavy atom. The third-order valence-corrected chi connectivity index (χ3v) is 3.50. The Hall–Kier alpha value is -1.96. The third kappa shape index (κ3) is 1.84. The van der Waals surface area contributed by atoms with Gasteiger partial charge in [-0.1, -0.05) is 9.97 Å². The lowest BCUT2D eigenvalue weighted by Crippen LogP contribution is -2.28. The van der Waals surface area contributed by atoms with E-state index in [1.807, 2.05) is 36.0 Å². The number of fused-ring (bicyclic) bond motifs is 1. The normalized spacial score (nSPS) is 11.3. The average molecular weight is 262 g/mol. The minimum Gasteiger partial charge on any atom is -0.311 e. The second kappa shape index (κ2) is 4.05. The molecule has 0 aliphatic rings. The van der Waals surface area contributed by atoms with Gasteiger partial charge in [0.05, 0.1) is 0 Å². The van der Waals surface area contributed by atoms with Gasteiger partial charge in [0.2, 0.25) is 5.82 Å². The van der Waals surface area contributed by atoms with Crippen molar-refractivity contribution in [2.24, 2.45) is 7.05 Å². The van der Waals surface area contributed by atoms with Crippen LogP contribution in [0.25, 0.3) is 5.78 Å². The molecule has 3 heterocycles. The van der Waals surface area contributed by atoms with Gasteiger partial charge in [-0.3, -0.25) is 0 Å². The van der Waals surface area contributed by atoms with Crippen molar-refractivity contribution < 1.29 is 4.52 Å². The summed E-state index contributed by atoms with van der Waals surface area (Å²) in [5.41, 5.74) is 0.922. The van der Waals surface area contributed by atoms with Crippen molar-refractivity contribution in [2.45, 2.75) is 24.0 Å². The summed E-state index contributed by atoms with van der Waals surface area (Å²) in [5, 5.41) is 12.9. The predicted molar refractivity (Wildman–Crippen MR) is 64.1 cm³/mol. The van der Waals surface area contributed by atoms with Crippen LogP contribution in [0.1, 0.15) is 11.5 Å². The van der Waals surface area contributed by atoms with Crippen molar-refractivity contribution in [3.8, 4) is 0 Å². The van der Waals surface area contributed by atoms with Crippen LogP contribution in [0.5, 0.6) is 0 Å². The maximum atomic E-state index is 4.37. The molecule has 0 aromatic carbocycles. The highest BCUT2D eigenvalue weighted by molar-refractivity contribution is 7.99. The second-order valence-electron chi connectivity index (χ2n) is 4.01. The zero-order chi connectivity index (χ0) is 12.7. The predicted octanol–water partition coefficient (Wildman–Crippen LogP) is 0.440. The fraction of sp³-hybridized carbons (Fsp3) is 0.300. The van der Waals surface area contributed by atoms with Crippen molar-refractivity contribution in [2.75, 3.05) is 0 Å². The van der Waals surface area contributed by atoms with Gasteiger partial charge in [-0.25, -0.2) is 5.10 Å². The third-order valence-electron chi connectivity index (χ3n) is 2.44. The van der Waals surface area contributed by atoms with Gasteiger partial charge in [-0.15, -0.1) is 14.7 Å². The summed E-state index contributed by atoms with van der Waals surface area (Å²) >= 11 is 1.52. The van der Waals surface area contributed by atoms with Crippen LogP contribution in [-0.4, -0.2) is 29.8 Å². The molecular weight excluding hydrogens is 250 g/mol. The van der Waals surface area contributed by atoms with Crippen LogP contribution in [0.15, 0.2) is 22.6 Å². The molecule has 0 fully saturated rings. The molecule has 0 aliphatic carbocycles. The smallest absolute Gasteiger partial charge is 0.311 e. The molecule has 7 nitrogen and oxygen atoms in total. The molecule has 0 spiro atoms. The first kappa shape index (κ1) is 11.1. The molecule has 0 aliphatic heterocycles. The van der Waals surface area contributed by atoms with E-state index in [4.69, 9.17) is 0 Å². The number of nitrogens with one attached hydrogen (secondary N) is 1. The van der Waals surface area contributed by atoms with E-state index in [-0.39, 0.29) is 0 Å². The van der Waals surface area contributed by atoms with Crippen LogP contribution in [0.2, 0.25) is 0 Å². The maximum Gasteiger partial charge on any atom is 0.458 e. The minimum atomic E-state index is 0.664. The first-order valence-corrected chi connectivity index (χ1v) is 6.23. The van der Waals surface area contributed by atoms with E-state index in [1.165, 1.54) is 11.8 Å². The second-order valence-corrected chi connectivity index (χ2v) is 4.99. The van der Waals surface area contributed by atoms with Crippen molar-refractivity contribution in [1.29, 1.82) is 0 Å². The molecule has 3 rings (SSSR count). The van der Waals surface area contributed by atoms with Crippen LogP contribution >= 0.6 is 11.8 Å². The van der Waals surface area contributed by atoms with Crippen LogP contribution in [0, 0.1) is 13.8 Å². The van der Waals surface area contributed by atoms with Crippen molar-refractivity contribution in [3.05, 3.63) is 23.9 Å². The summed E-state index contributed by atoms with van der Waals surface area (Å²) in [4.78, 5) is 8.70. The number of H-pyrrole nitrogens is 1. The summed E-state index contributed by atoms with van der Waals surface area (Å²) in [5.74, 6) is 1.49. The molecule has 0 bridgehead atoms. The van der Waals surface area contributed by atoms with Gasteiger partial charge in [-0.05, 0) is 18.7 Å². The average Bonchev–Trinajstić information content (AvgIpc) is 2.85. The molecule has 18 heavy (non-hydrogen) atoms. The van der Waals surface area contributed by atoms with Crippen LogP contribution in [-0.2, 0) is 7.05 Å². The fourth-order valence-electron chi connectivity index (χ4n) is 1.63. The number of hydrogen-bond acceptors (Lipinski definition) is 5. The van der Waals surface area contributed by atoms with E-state index in [1.54, 1.807) is 6.33 Å². The lowest BCUT2D eigenvalue weighted by atomic mass is 10.5. The quantitative estimate of drug-likeness (QED) is 0.535. The van der Waals surface area contributed by atoms with Gasteiger partial charge in [0.15, 0.2) is 10.2 Å². The number of aryl methyl sites for hydroxylation is 3. The Morgan fingerprint density at radius 2 is 2.17 bits per heavy atom. The first-order valence-electron chi connectivity index (χ1n) is 5.41. The van der Waals surface area contributed by atoms with Gasteiger partial charge in [-0.2, -0.15) is 0 Å². The van der Waals surface area contributed by atoms with E-state index < -0.39 is 0 Å². The molecule has 0 unspecified atom stereocenters. The van der Waals surface area contributed by atoms with Gasteiger partial charge in [0.1, 0.15) is 12.0 Å². The Kier molecular flexibility index (Phi) is 2.51.